The van der Waals surface area contributed by atoms with Gasteiger partial charge in [-0.2, -0.15) is 0 Å². The molecule has 2 heterocycles. The van der Waals surface area contributed by atoms with Gasteiger partial charge in [-0.25, -0.2) is 13.4 Å². The highest BCUT2D eigenvalue weighted by atomic mass is 32.2. The molecule has 1 fully saturated rings. The van der Waals surface area contributed by atoms with Gasteiger partial charge in [0.25, 0.3) is 0 Å². The molecular weight excluding hydrogens is 226 g/mol. The van der Waals surface area contributed by atoms with Crippen molar-refractivity contribution >= 4 is 9.84 Å². The van der Waals surface area contributed by atoms with Gasteiger partial charge in [-0.3, -0.25) is 0 Å². The Hall–Kier alpha value is -0.880. The second-order valence-corrected chi connectivity index (χ2v) is 6.50. The van der Waals surface area contributed by atoms with Crippen LogP contribution in [0.5, 0.6) is 0 Å². The first-order valence-electron chi connectivity index (χ1n) is 5.46. The van der Waals surface area contributed by atoms with Gasteiger partial charge < -0.3 is 9.47 Å². The third-order valence-corrected chi connectivity index (χ3v) is 4.62. The summed E-state index contributed by atoms with van der Waals surface area (Å²) in [6, 6.07) is 0. The van der Waals surface area contributed by atoms with Crippen molar-refractivity contribution in [2.24, 2.45) is 7.05 Å². The minimum absolute atomic E-state index is 0.299. The summed E-state index contributed by atoms with van der Waals surface area (Å²) < 4.78 is 24.5. The molecule has 90 valence electrons. The van der Waals surface area contributed by atoms with Gasteiger partial charge in [0.2, 0.25) is 0 Å². The molecule has 0 spiro atoms. The first-order valence-corrected chi connectivity index (χ1v) is 7.28. The Morgan fingerprint density at radius 1 is 1.38 bits per heavy atom. The topological polar surface area (TPSA) is 55.2 Å². The van der Waals surface area contributed by atoms with Gasteiger partial charge in [0.05, 0.1) is 11.5 Å². The van der Waals surface area contributed by atoms with Gasteiger partial charge >= 0.3 is 0 Å². The Kier molecular flexibility index (Phi) is 3.30. The average Bonchev–Trinajstić information content (AvgIpc) is 2.63. The van der Waals surface area contributed by atoms with Crippen LogP contribution in [-0.4, -0.2) is 54.0 Å². The number of aromatic nitrogens is 2. The van der Waals surface area contributed by atoms with Crippen LogP contribution in [0.4, 0.5) is 0 Å². The number of hydrogen-bond donors (Lipinski definition) is 0. The monoisotopic (exact) mass is 243 g/mol. The SMILES string of the molecule is Cn1ccnc1CCN1CCS(=O)(=O)CC1. The molecule has 0 aliphatic carbocycles. The predicted octanol–water partition coefficient (Wildman–Crippen LogP) is -0.307. The zero-order chi connectivity index (χ0) is 11.6. The van der Waals surface area contributed by atoms with Gasteiger partial charge in [-0.1, -0.05) is 0 Å². The van der Waals surface area contributed by atoms with E-state index in [4.69, 9.17) is 0 Å². The van der Waals surface area contributed by atoms with E-state index >= 15 is 0 Å². The van der Waals surface area contributed by atoms with Gasteiger partial charge in [-0.15, -0.1) is 0 Å². The van der Waals surface area contributed by atoms with Gasteiger partial charge in [0.15, 0.2) is 9.84 Å². The van der Waals surface area contributed by atoms with Crippen molar-refractivity contribution in [1.82, 2.24) is 14.5 Å². The molecule has 1 aromatic rings. The number of aryl methyl sites for hydroxylation is 1. The molecule has 2 rings (SSSR count). The fraction of sp³-hybridized carbons (Fsp3) is 0.700. The second kappa shape index (κ2) is 4.55. The summed E-state index contributed by atoms with van der Waals surface area (Å²) in [4.78, 5) is 6.44. The fourth-order valence-electron chi connectivity index (χ4n) is 1.87. The van der Waals surface area contributed by atoms with Crippen LogP contribution in [0.3, 0.4) is 0 Å². The molecule has 16 heavy (non-hydrogen) atoms. The molecule has 0 N–H and O–H groups in total. The molecule has 6 heteroatoms. The Labute approximate surface area is 96.0 Å². The Morgan fingerprint density at radius 3 is 2.62 bits per heavy atom. The summed E-state index contributed by atoms with van der Waals surface area (Å²) in [5.41, 5.74) is 0. The maximum atomic E-state index is 11.2. The smallest absolute Gasteiger partial charge is 0.152 e. The highest BCUT2D eigenvalue weighted by Crippen LogP contribution is 2.05. The van der Waals surface area contributed by atoms with Gasteiger partial charge in [0, 0.05) is 45.5 Å². The van der Waals surface area contributed by atoms with Crippen LogP contribution in [0, 0.1) is 0 Å². The Bertz CT molecular complexity index is 438. The summed E-state index contributed by atoms with van der Waals surface area (Å²) >= 11 is 0. The average molecular weight is 243 g/mol. The number of imidazole rings is 1. The van der Waals surface area contributed by atoms with Crippen LogP contribution >= 0.6 is 0 Å². The minimum atomic E-state index is -2.76. The maximum Gasteiger partial charge on any atom is 0.152 e. The lowest BCUT2D eigenvalue weighted by Crippen LogP contribution is -2.41. The predicted molar refractivity (Wildman–Crippen MR) is 62.0 cm³/mol. The van der Waals surface area contributed by atoms with Gasteiger partial charge in [-0.05, 0) is 0 Å². The van der Waals surface area contributed by atoms with Crippen LogP contribution < -0.4 is 0 Å². The van der Waals surface area contributed by atoms with E-state index in [9.17, 15) is 8.42 Å². The van der Waals surface area contributed by atoms with Crippen LogP contribution in [0.1, 0.15) is 5.82 Å². The highest BCUT2D eigenvalue weighted by molar-refractivity contribution is 7.91. The van der Waals surface area contributed by atoms with Crippen molar-refractivity contribution in [3.63, 3.8) is 0 Å². The normalized spacial score (nSPS) is 21.1. The van der Waals surface area contributed by atoms with Crippen molar-refractivity contribution in [3.8, 4) is 0 Å². The third kappa shape index (κ3) is 2.82. The lowest BCUT2D eigenvalue weighted by Gasteiger charge is -2.26. The molecule has 0 bridgehead atoms. The molecule has 0 amide bonds. The molecule has 0 atom stereocenters. The van der Waals surface area contributed by atoms with Crippen molar-refractivity contribution in [3.05, 3.63) is 18.2 Å². The molecule has 0 aromatic carbocycles. The number of nitrogens with zero attached hydrogens (tertiary/aromatic N) is 3. The van der Waals surface area contributed by atoms with E-state index < -0.39 is 9.84 Å². The van der Waals surface area contributed by atoms with Crippen LogP contribution in [0.2, 0.25) is 0 Å². The first-order chi connectivity index (χ1) is 7.57. The second-order valence-electron chi connectivity index (χ2n) is 4.20. The van der Waals surface area contributed by atoms with Crippen molar-refractivity contribution in [2.75, 3.05) is 31.1 Å². The molecular formula is C10H17N3O2S. The van der Waals surface area contributed by atoms with E-state index in [1.807, 2.05) is 17.8 Å². The van der Waals surface area contributed by atoms with Crippen LogP contribution in [0.15, 0.2) is 12.4 Å². The van der Waals surface area contributed by atoms with Gasteiger partial charge in [0.1, 0.15) is 5.82 Å². The fourth-order valence-corrected chi connectivity index (χ4v) is 3.15. The molecule has 0 radical (unpaired) electrons. The standard InChI is InChI=1S/C10H17N3O2S/c1-12-5-3-11-10(12)2-4-13-6-8-16(14,15)9-7-13/h3,5H,2,4,6-9H2,1H3. The summed E-state index contributed by atoms with van der Waals surface area (Å²) in [6.45, 7) is 2.21. The molecule has 1 aliphatic heterocycles. The molecule has 1 aliphatic rings. The number of sulfone groups is 1. The van der Waals surface area contributed by atoms with E-state index in [2.05, 4.69) is 9.88 Å². The summed E-state index contributed by atoms with van der Waals surface area (Å²) in [7, 11) is -0.783. The van der Waals surface area contributed by atoms with E-state index in [0.717, 1.165) is 18.8 Å². The summed E-state index contributed by atoms with van der Waals surface area (Å²) in [6.07, 6.45) is 4.59. The Morgan fingerprint density at radius 2 is 2.06 bits per heavy atom. The quantitative estimate of drug-likeness (QED) is 0.731. The number of hydrogen-bond acceptors (Lipinski definition) is 4. The van der Waals surface area contributed by atoms with Crippen molar-refractivity contribution in [1.29, 1.82) is 0 Å². The molecule has 5 nitrogen and oxygen atoms in total. The molecule has 0 unspecified atom stereocenters. The molecule has 0 saturated carbocycles. The van der Waals surface area contributed by atoms with Crippen molar-refractivity contribution < 1.29 is 8.42 Å². The molecule has 1 aromatic heterocycles. The maximum absolute atomic E-state index is 11.2. The molecule has 1 saturated heterocycles. The largest absolute Gasteiger partial charge is 0.338 e. The number of rotatable bonds is 3. The highest BCUT2D eigenvalue weighted by Gasteiger charge is 2.21. The zero-order valence-corrected chi connectivity index (χ0v) is 10.3. The minimum Gasteiger partial charge on any atom is -0.338 e. The van der Waals surface area contributed by atoms with E-state index in [0.29, 0.717) is 24.6 Å². The van der Waals surface area contributed by atoms with E-state index in [1.165, 1.54) is 0 Å². The zero-order valence-electron chi connectivity index (χ0n) is 9.46. The Balaban J connectivity index is 1.82. The third-order valence-electron chi connectivity index (χ3n) is 3.01. The van der Waals surface area contributed by atoms with Crippen LogP contribution in [0.25, 0.3) is 0 Å². The summed E-state index contributed by atoms with van der Waals surface area (Å²) in [5, 5.41) is 0. The first kappa shape index (κ1) is 11.6. The van der Waals surface area contributed by atoms with Crippen LogP contribution in [-0.2, 0) is 23.3 Å². The van der Waals surface area contributed by atoms with Crippen molar-refractivity contribution in [2.45, 2.75) is 6.42 Å². The summed E-state index contributed by atoms with van der Waals surface area (Å²) in [5.74, 6) is 1.65. The lowest BCUT2D eigenvalue weighted by atomic mass is 10.3. The lowest BCUT2D eigenvalue weighted by molar-refractivity contribution is 0.296. The van der Waals surface area contributed by atoms with E-state index in [-0.39, 0.29) is 0 Å². The van der Waals surface area contributed by atoms with E-state index in [1.54, 1.807) is 6.20 Å².